The smallest absolute Gasteiger partial charge is 0.213 e. The maximum Gasteiger partial charge on any atom is 0.213 e. The zero-order valence-corrected chi connectivity index (χ0v) is 15.7. The lowest BCUT2D eigenvalue weighted by molar-refractivity contribution is -0.686. The van der Waals surface area contributed by atoms with Crippen molar-refractivity contribution in [2.24, 2.45) is 0 Å². The first-order chi connectivity index (χ1) is 13.8. The first-order valence-electron chi connectivity index (χ1n) is 9.44. The van der Waals surface area contributed by atoms with Crippen LogP contribution in [0.3, 0.4) is 0 Å². The van der Waals surface area contributed by atoms with E-state index in [0.29, 0.717) is 24.7 Å². The number of nitrogens with zero attached hydrogens (tertiary/aromatic N) is 1. The molecule has 144 valence electrons. The van der Waals surface area contributed by atoms with Crippen LogP contribution in [0.1, 0.15) is 5.56 Å². The topological polar surface area (TPSA) is 40.8 Å². The van der Waals surface area contributed by atoms with Crippen molar-refractivity contribution in [3.05, 3.63) is 42.1 Å². The Labute approximate surface area is 162 Å². The molecule has 2 aliphatic rings. The molecule has 0 aliphatic carbocycles. The maximum absolute atomic E-state index is 12.7. The molecule has 5 nitrogen and oxygen atoms in total. The summed E-state index contributed by atoms with van der Waals surface area (Å²) in [5.41, 5.74) is 3.53. The van der Waals surface area contributed by atoms with Crippen LogP contribution in [-0.4, -0.2) is 33.6 Å². The van der Waals surface area contributed by atoms with Gasteiger partial charge < -0.3 is 18.9 Å². The minimum Gasteiger partial charge on any atom is -0.493 e. The van der Waals surface area contributed by atoms with E-state index in [0.717, 1.165) is 46.5 Å². The van der Waals surface area contributed by atoms with Crippen molar-refractivity contribution < 1.29 is 27.9 Å². The molecule has 5 rings (SSSR count). The Morgan fingerprint density at radius 1 is 1.11 bits per heavy atom. The fourth-order valence-electron chi connectivity index (χ4n) is 3.99. The summed E-state index contributed by atoms with van der Waals surface area (Å²) in [5.74, 6) is 2.81. The SMILES string of the molecule is COc1ccc2cc3[n+](cc2c1OCCF)CCc1cc2c(cc1-3)OCCO2. The summed E-state index contributed by atoms with van der Waals surface area (Å²) in [5, 5.41) is 1.93. The van der Waals surface area contributed by atoms with Gasteiger partial charge in [0.25, 0.3) is 0 Å². The molecule has 0 atom stereocenters. The summed E-state index contributed by atoms with van der Waals surface area (Å²) < 4.78 is 37.5. The van der Waals surface area contributed by atoms with Gasteiger partial charge in [0.1, 0.15) is 26.5 Å². The monoisotopic (exact) mass is 382 g/mol. The van der Waals surface area contributed by atoms with Crippen LogP contribution in [0.5, 0.6) is 23.0 Å². The molecule has 2 aliphatic heterocycles. The Kier molecular flexibility index (Phi) is 4.19. The zero-order valence-electron chi connectivity index (χ0n) is 15.7. The predicted molar refractivity (Wildman–Crippen MR) is 102 cm³/mol. The third-order valence-corrected chi connectivity index (χ3v) is 5.29. The van der Waals surface area contributed by atoms with Gasteiger partial charge in [-0.1, -0.05) is 0 Å². The van der Waals surface area contributed by atoms with Gasteiger partial charge >= 0.3 is 0 Å². The van der Waals surface area contributed by atoms with E-state index < -0.39 is 6.67 Å². The van der Waals surface area contributed by atoms with Gasteiger partial charge in [-0.15, -0.1) is 0 Å². The Balaban J connectivity index is 1.68. The highest BCUT2D eigenvalue weighted by Gasteiger charge is 2.28. The molecular weight excluding hydrogens is 361 g/mol. The molecule has 3 aromatic rings. The number of aryl methyl sites for hydroxylation is 2. The van der Waals surface area contributed by atoms with Crippen LogP contribution < -0.4 is 23.5 Å². The van der Waals surface area contributed by atoms with Crippen LogP contribution >= 0.6 is 0 Å². The average Bonchev–Trinajstić information content (AvgIpc) is 2.74. The molecule has 0 amide bonds. The molecule has 0 bridgehead atoms. The summed E-state index contributed by atoms with van der Waals surface area (Å²) in [6.45, 7) is 1.46. The lowest BCUT2D eigenvalue weighted by atomic mass is 9.95. The molecule has 3 heterocycles. The third kappa shape index (κ3) is 2.71. The normalized spacial score (nSPS) is 14.4. The first kappa shape index (κ1) is 17.1. The van der Waals surface area contributed by atoms with Crippen LogP contribution in [0, 0.1) is 0 Å². The second-order valence-corrected chi connectivity index (χ2v) is 6.89. The number of alkyl halides is 1. The van der Waals surface area contributed by atoms with Crippen molar-refractivity contribution in [3.8, 4) is 34.3 Å². The van der Waals surface area contributed by atoms with E-state index in [4.69, 9.17) is 18.9 Å². The summed E-state index contributed by atoms with van der Waals surface area (Å²) in [6, 6.07) is 10.2. The highest BCUT2D eigenvalue weighted by molar-refractivity contribution is 5.91. The minimum atomic E-state index is -0.543. The summed E-state index contributed by atoms with van der Waals surface area (Å²) >= 11 is 0. The largest absolute Gasteiger partial charge is 0.493 e. The van der Waals surface area contributed by atoms with Crippen molar-refractivity contribution in [2.45, 2.75) is 13.0 Å². The Morgan fingerprint density at radius 2 is 1.93 bits per heavy atom. The van der Waals surface area contributed by atoms with Crippen molar-refractivity contribution in [3.63, 3.8) is 0 Å². The molecule has 0 fully saturated rings. The van der Waals surface area contributed by atoms with E-state index in [1.807, 2.05) is 12.1 Å². The van der Waals surface area contributed by atoms with Gasteiger partial charge in [-0.25, -0.2) is 4.39 Å². The third-order valence-electron chi connectivity index (χ3n) is 5.29. The van der Waals surface area contributed by atoms with Crippen molar-refractivity contribution in [2.75, 3.05) is 33.6 Å². The zero-order chi connectivity index (χ0) is 19.1. The number of rotatable bonds is 4. The van der Waals surface area contributed by atoms with Crippen LogP contribution in [-0.2, 0) is 13.0 Å². The lowest BCUT2D eigenvalue weighted by Crippen LogP contribution is -2.40. The standard InChI is InChI=1S/C22H21FNO4/c1-25-19-3-2-14-10-18-16-12-21-20(26-8-9-27-21)11-15(16)4-6-24(18)13-17(14)22(19)28-7-5-23/h2-3,10-13H,4-9H2,1H3/q+1. The number of methoxy groups -OCH3 is 1. The van der Waals surface area contributed by atoms with Gasteiger partial charge in [0, 0.05) is 12.5 Å². The average molecular weight is 382 g/mol. The summed E-state index contributed by atoms with van der Waals surface area (Å²) in [4.78, 5) is 0. The number of ether oxygens (including phenoxy) is 4. The van der Waals surface area contributed by atoms with Crippen molar-refractivity contribution >= 4 is 10.8 Å². The number of aromatic nitrogens is 1. The molecule has 0 saturated heterocycles. The number of halogens is 1. The fraction of sp³-hybridized carbons (Fsp3) is 0.318. The van der Waals surface area contributed by atoms with Gasteiger partial charge in [-0.05, 0) is 35.2 Å². The van der Waals surface area contributed by atoms with E-state index in [9.17, 15) is 4.39 Å². The number of benzene rings is 2. The van der Waals surface area contributed by atoms with E-state index in [2.05, 4.69) is 29.0 Å². The second kappa shape index (κ2) is 6.86. The quantitative estimate of drug-likeness (QED) is 0.648. The van der Waals surface area contributed by atoms with Gasteiger partial charge in [-0.2, -0.15) is 4.57 Å². The van der Waals surface area contributed by atoms with Gasteiger partial charge in [0.05, 0.1) is 18.1 Å². The minimum absolute atomic E-state index is 0.00351. The Morgan fingerprint density at radius 3 is 2.71 bits per heavy atom. The molecule has 0 unspecified atom stereocenters. The van der Waals surface area contributed by atoms with Crippen molar-refractivity contribution in [1.29, 1.82) is 0 Å². The molecular formula is C22H21FNO4+. The number of pyridine rings is 1. The van der Waals surface area contributed by atoms with Crippen LogP contribution in [0.2, 0.25) is 0 Å². The van der Waals surface area contributed by atoms with E-state index in [-0.39, 0.29) is 6.61 Å². The molecule has 0 N–H and O–H groups in total. The van der Waals surface area contributed by atoms with E-state index in [1.54, 1.807) is 7.11 Å². The molecule has 2 aromatic carbocycles. The van der Waals surface area contributed by atoms with Gasteiger partial charge in [0.2, 0.25) is 5.69 Å². The molecule has 6 heteroatoms. The number of hydrogen-bond acceptors (Lipinski definition) is 4. The predicted octanol–water partition coefficient (Wildman–Crippen LogP) is 3.48. The van der Waals surface area contributed by atoms with Crippen LogP contribution in [0.25, 0.3) is 22.0 Å². The van der Waals surface area contributed by atoms with Crippen molar-refractivity contribution in [1.82, 2.24) is 0 Å². The van der Waals surface area contributed by atoms with Gasteiger partial charge in [-0.3, -0.25) is 0 Å². The van der Waals surface area contributed by atoms with E-state index >= 15 is 0 Å². The Bertz CT molecular complexity index is 1070. The maximum atomic E-state index is 12.7. The first-order valence-corrected chi connectivity index (χ1v) is 9.44. The molecule has 28 heavy (non-hydrogen) atoms. The molecule has 0 saturated carbocycles. The van der Waals surface area contributed by atoms with Gasteiger partial charge in [0.15, 0.2) is 35.7 Å². The number of fused-ring (bicyclic) bond motifs is 5. The van der Waals surface area contributed by atoms with Crippen LogP contribution in [0.4, 0.5) is 4.39 Å². The van der Waals surface area contributed by atoms with Crippen LogP contribution in [0.15, 0.2) is 36.5 Å². The Hall–Kier alpha value is -3.02. The highest BCUT2D eigenvalue weighted by atomic mass is 19.1. The summed E-state index contributed by atoms with van der Waals surface area (Å²) in [7, 11) is 1.59. The molecule has 0 radical (unpaired) electrons. The second-order valence-electron chi connectivity index (χ2n) is 6.89. The summed E-state index contributed by atoms with van der Waals surface area (Å²) in [6.07, 6.45) is 2.97. The van der Waals surface area contributed by atoms with E-state index in [1.165, 1.54) is 5.56 Å². The highest BCUT2D eigenvalue weighted by Crippen LogP contribution is 2.41. The molecule has 0 spiro atoms. The molecule has 1 aromatic heterocycles. The number of hydrogen-bond donors (Lipinski definition) is 0. The lowest BCUT2D eigenvalue weighted by Gasteiger charge is -2.22. The fourth-order valence-corrected chi connectivity index (χ4v) is 3.99.